The molecule has 0 bridgehead atoms. The molecule has 2 heterocycles. The smallest absolute Gasteiger partial charge is 0.249 e. The maximum Gasteiger partial charge on any atom is 0.249 e. The molecule has 2 rings (SSSR count). The number of aromatic nitrogens is 5. The Morgan fingerprint density at radius 2 is 2.28 bits per heavy atom. The zero-order valence-corrected chi connectivity index (χ0v) is 10.7. The van der Waals surface area contributed by atoms with Gasteiger partial charge in [0.25, 0.3) is 0 Å². The molecule has 0 aliphatic carbocycles. The molecule has 0 radical (unpaired) electrons. The highest BCUT2D eigenvalue weighted by Crippen LogP contribution is 2.15. The minimum absolute atomic E-state index is 0.140. The molecule has 1 unspecified atom stereocenters. The van der Waals surface area contributed by atoms with E-state index < -0.39 is 6.04 Å². The van der Waals surface area contributed by atoms with Crippen LogP contribution in [0.3, 0.4) is 0 Å². The summed E-state index contributed by atoms with van der Waals surface area (Å²) < 4.78 is 3.34. The quantitative estimate of drug-likeness (QED) is 0.875. The van der Waals surface area contributed by atoms with Gasteiger partial charge in [-0.2, -0.15) is 10.2 Å². The van der Waals surface area contributed by atoms with Crippen LogP contribution in [0.25, 0.3) is 0 Å². The van der Waals surface area contributed by atoms with Crippen LogP contribution in [0, 0.1) is 6.92 Å². The van der Waals surface area contributed by atoms with Crippen LogP contribution in [-0.4, -0.2) is 30.5 Å². The van der Waals surface area contributed by atoms with Gasteiger partial charge in [0.1, 0.15) is 18.7 Å². The SMILES string of the molecule is CCn1ncc(NC(=O)C(C)n2cncn2)c1C. The topological polar surface area (TPSA) is 77.6 Å². The van der Waals surface area contributed by atoms with E-state index in [0.29, 0.717) is 0 Å². The molecule has 2 aromatic heterocycles. The number of aryl methyl sites for hydroxylation is 1. The van der Waals surface area contributed by atoms with E-state index in [1.54, 1.807) is 13.1 Å². The van der Waals surface area contributed by atoms with Crippen LogP contribution in [0.5, 0.6) is 0 Å². The summed E-state index contributed by atoms with van der Waals surface area (Å²) in [7, 11) is 0. The second-order valence-corrected chi connectivity index (χ2v) is 4.00. The van der Waals surface area contributed by atoms with Crippen LogP contribution in [0.1, 0.15) is 25.6 Å². The first-order chi connectivity index (χ1) is 8.63. The fourth-order valence-corrected chi connectivity index (χ4v) is 1.66. The summed E-state index contributed by atoms with van der Waals surface area (Å²) in [6.07, 6.45) is 4.58. The summed E-state index contributed by atoms with van der Waals surface area (Å²) >= 11 is 0. The Bertz CT molecular complexity index is 530. The van der Waals surface area contributed by atoms with Crippen molar-refractivity contribution in [1.82, 2.24) is 24.5 Å². The van der Waals surface area contributed by atoms with Crippen LogP contribution in [-0.2, 0) is 11.3 Å². The molecular formula is C11H16N6O. The van der Waals surface area contributed by atoms with Crippen molar-refractivity contribution in [2.45, 2.75) is 33.4 Å². The van der Waals surface area contributed by atoms with E-state index in [-0.39, 0.29) is 5.91 Å². The van der Waals surface area contributed by atoms with Gasteiger partial charge >= 0.3 is 0 Å². The zero-order valence-electron chi connectivity index (χ0n) is 10.7. The third-order valence-corrected chi connectivity index (χ3v) is 2.87. The predicted octanol–water partition coefficient (Wildman–Crippen LogP) is 1.00. The molecule has 0 fully saturated rings. The first kappa shape index (κ1) is 12.3. The summed E-state index contributed by atoms with van der Waals surface area (Å²) in [6, 6.07) is -0.406. The van der Waals surface area contributed by atoms with E-state index in [4.69, 9.17) is 0 Å². The van der Waals surface area contributed by atoms with Crippen molar-refractivity contribution in [3.63, 3.8) is 0 Å². The molecule has 0 aliphatic rings. The number of carbonyl (C=O) groups excluding carboxylic acids is 1. The lowest BCUT2D eigenvalue weighted by atomic mass is 10.3. The van der Waals surface area contributed by atoms with Crippen LogP contribution in [0.4, 0.5) is 5.69 Å². The van der Waals surface area contributed by atoms with Crippen molar-refractivity contribution in [3.05, 3.63) is 24.5 Å². The zero-order chi connectivity index (χ0) is 13.1. The summed E-state index contributed by atoms with van der Waals surface area (Å²) in [5.74, 6) is -0.140. The third kappa shape index (κ3) is 2.24. The monoisotopic (exact) mass is 248 g/mol. The van der Waals surface area contributed by atoms with Gasteiger partial charge in [-0.25, -0.2) is 9.67 Å². The molecule has 0 aliphatic heterocycles. The van der Waals surface area contributed by atoms with E-state index >= 15 is 0 Å². The van der Waals surface area contributed by atoms with Crippen LogP contribution in [0.15, 0.2) is 18.9 Å². The van der Waals surface area contributed by atoms with Crippen molar-refractivity contribution < 1.29 is 4.79 Å². The lowest BCUT2D eigenvalue weighted by molar-refractivity contribution is -0.119. The normalized spacial score (nSPS) is 12.4. The number of nitrogens with zero attached hydrogens (tertiary/aromatic N) is 5. The van der Waals surface area contributed by atoms with Crippen molar-refractivity contribution in [3.8, 4) is 0 Å². The molecule has 1 N–H and O–H groups in total. The van der Waals surface area contributed by atoms with Crippen LogP contribution >= 0.6 is 0 Å². The largest absolute Gasteiger partial charge is 0.321 e. The minimum Gasteiger partial charge on any atom is -0.321 e. The lowest BCUT2D eigenvalue weighted by Crippen LogP contribution is -2.24. The molecule has 96 valence electrons. The van der Waals surface area contributed by atoms with Gasteiger partial charge in [-0.3, -0.25) is 9.48 Å². The molecular weight excluding hydrogens is 232 g/mol. The number of anilines is 1. The number of hydrogen-bond donors (Lipinski definition) is 1. The Kier molecular flexibility index (Phi) is 3.40. The fourth-order valence-electron chi connectivity index (χ4n) is 1.66. The lowest BCUT2D eigenvalue weighted by Gasteiger charge is -2.11. The molecule has 7 heteroatoms. The highest BCUT2D eigenvalue weighted by molar-refractivity contribution is 5.93. The summed E-state index contributed by atoms with van der Waals surface area (Å²) in [6.45, 7) is 6.47. The molecule has 7 nitrogen and oxygen atoms in total. The molecule has 0 spiro atoms. The molecule has 0 saturated heterocycles. The maximum absolute atomic E-state index is 12.0. The average Bonchev–Trinajstić information content (AvgIpc) is 2.99. The Hall–Kier alpha value is -2.18. The summed E-state index contributed by atoms with van der Waals surface area (Å²) in [5, 5.41) is 11.0. The maximum atomic E-state index is 12.0. The van der Waals surface area contributed by atoms with Crippen molar-refractivity contribution in [2.75, 3.05) is 5.32 Å². The second-order valence-electron chi connectivity index (χ2n) is 4.00. The van der Waals surface area contributed by atoms with Gasteiger partial charge in [-0.15, -0.1) is 0 Å². The molecule has 1 atom stereocenters. The first-order valence-electron chi connectivity index (χ1n) is 5.80. The molecule has 2 aromatic rings. The van der Waals surface area contributed by atoms with E-state index in [0.717, 1.165) is 17.9 Å². The second kappa shape index (κ2) is 4.99. The highest BCUT2D eigenvalue weighted by Gasteiger charge is 2.17. The highest BCUT2D eigenvalue weighted by atomic mass is 16.2. The summed E-state index contributed by atoms with van der Waals surface area (Å²) in [5.41, 5.74) is 1.67. The average molecular weight is 248 g/mol. The predicted molar refractivity (Wildman–Crippen MR) is 66.0 cm³/mol. The Balaban J connectivity index is 2.09. The van der Waals surface area contributed by atoms with Gasteiger partial charge in [0.05, 0.1) is 17.6 Å². The van der Waals surface area contributed by atoms with Gasteiger partial charge < -0.3 is 5.32 Å². The van der Waals surface area contributed by atoms with Crippen molar-refractivity contribution >= 4 is 11.6 Å². The first-order valence-corrected chi connectivity index (χ1v) is 5.80. The number of carbonyl (C=O) groups is 1. The van der Waals surface area contributed by atoms with Crippen molar-refractivity contribution in [2.24, 2.45) is 0 Å². The van der Waals surface area contributed by atoms with Crippen LogP contribution in [0.2, 0.25) is 0 Å². The fraction of sp³-hybridized carbons (Fsp3) is 0.455. The number of hydrogen-bond acceptors (Lipinski definition) is 4. The number of nitrogens with one attached hydrogen (secondary N) is 1. The number of rotatable bonds is 4. The summed E-state index contributed by atoms with van der Waals surface area (Å²) in [4.78, 5) is 15.8. The molecule has 0 saturated carbocycles. The Morgan fingerprint density at radius 3 is 2.83 bits per heavy atom. The third-order valence-electron chi connectivity index (χ3n) is 2.87. The van der Waals surface area contributed by atoms with E-state index in [1.165, 1.54) is 17.3 Å². The van der Waals surface area contributed by atoms with Crippen LogP contribution < -0.4 is 5.32 Å². The molecule has 0 aromatic carbocycles. The van der Waals surface area contributed by atoms with E-state index in [1.807, 2.05) is 18.5 Å². The van der Waals surface area contributed by atoms with Gasteiger partial charge in [0.2, 0.25) is 5.91 Å². The van der Waals surface area contributed by atoms with Gasteiger partial charge in [0.15, 0.2) is 0 Å². The van der Waals surface area contributed by atoms with E-state index in [9.17, 15) is 4.79 Å². The van der Waals surface area contributed by atoms with E-state index in [2.05, 4.69) is 20.5 Å². The Morgan fingerprint density at radius 1 is 1.50 bits per heavy atom. The van der Waals surface area contributed by atoms with Gasteiger partial charge in [0, 0.05) is 6.54 Å². The Labute approximate surface area is 105 Å². The van der Waals surface area contributed by atoms with Crippen molar-refractivity contribution in [1.29, 1.82) is 0 Å². The standard InChI is InChI=1S/C11H16N6O/c1-4-16-8(2)10(5-13-16)15-11(18)9(3)17-7-12-6-14-17/h5-7,9H,4H2,1-3H3,(H,15,18). The van der Waals surface area contributed by atoms with Gasteiger partial charge in [-0.05, 0) is 20.8 Å². The molecule has 18 heavy (non-hydrogen) atoms. The molecule has 1 amide bonds. The van der Waals surface area contributed by atoms with Gasteiger partial charge in [-0.1, -0.05) is 0 Å². The minimum atomic E-state index is -0.406. The number of amides is 1.